The maximum Gasteiger partial charge on any atom is 0.335 e. The van der Waals surface area contributed by atoms with Crippen LogP contribution in [0.2, 0.25) is 0 Å². The Labute approximate surface area is 312 Å². The summed E-state index contributed by atoms with van der Waals surface area (Å²) in [6.45, 7) is 5.41. The summed E-state index contributed by atoms with van der Waals surface area (Å²) in [6, 6.07) is 11.7. The van der Waals surface area contributed by atoms with Crippen molar-refractivity contribution in [1.82, 2.24) is 40.2 Å². The van der Waals surface area contributed by atoms with E-state index in [1.54, 1.807) is 31.2 Å². The van der Waals surface area contributed by atoms with E-state index in [2.05, 4.69) is 35.1 Å². The maximum atomic E-state index is 14.5. The van der Waals surface area contributed by atoms with Gasteiger partial charge in [-0.3, -0.25) is 9.48 Å². The molecule has 1 spiro atoms. The smallest absolute Gasteiger partial charge is 0.335 e. The Balaban J connectivity index is 0.903. The van der Waals surface area contributed by atoms with Gasteiger partial charge in [-0.15, -0.1) is 10.2 Å². The molecule has 5 heterocycles. The van der Waals surface area contributed by atoms with E-state index >= 15 is 0 Å². The number of alkyl halides is 2. The summed E-state index contributed by atoms with van der Waals surface area (Å²) in [7, 11) is 0. The van der Waals surface area contributed by atoms with Crippen molar-refractivity contribution in [3.8, 4) is 11.4 Å². The van der Waals surface area contributed by atoms with Gasteiger partial charge in [0.25, 0.3) is 6.43 Å². The lowest BCUT2D eigenvalue weighted by Crippen LogP contribution is -2.47. The van der Waals surface area contributed by atoms with Crippen molar-refractivity contribution in [2.24, 2.45) is 5.41 Å². The van der Waals surface area contributed by atoms with Crippen molar-refractivity contribution in [2.75, 3.05) is 31.1 Å². The molecule has 0 bridgehead atoms. The number of aromatic amines is 1. The number of rotatable bonds is 7. The fraction of sp³-hybridized carbons (Fsp3) is 0.550. The maximum absolute atomic E-state index is 14.5. The molecule has 1 amide bonds. The number of halogens is 2. The molecule has 12 nitrogen and oxygen atoms in total. The number of hydrogen-bond acceptors (Lipinski definition) is 8. The first-order valence-electron chi connectivity index (χ1n) is 19.6. The van der Waals surface area contributed by atoms with Crippen LogP contribution in [0.5, 0.6) is 0 Å². The van der Waals surface area contributed by atoms with Crippen LogP contribution in [0.1, 0.15) is 121 Å². The number of likely N-dealkylation sites (tertiary alicyclic amines) is 1. The molecule has 0 radical (unpaired) electrons. The molecule has 2 N–H and O–H groups in total. The van der Waals surface area contributed by atoms with Gasteiger partial charge in [0.1, 0.15) is 0 Å². The van der Waals surface area contributed by atoms with E-state index in [4.69, 9.17) is 5.10 Å². The van der Waals surface area contributed by atoms with Gasteiger partial charge in [0.15, 0.2) is 5.82 Å². The second kappa shape index (κ2) is 13.8. The zero-order chi connectivity index (χ0) is 37.1. The third-order valence-electron chi connectivity index (χ3n) is 13.3. The third-order valence-corrected chi connectivity index (χ3v) is 13.3. The summed E-state index contributed by atoms with van der Waals surface area (Å²) in [5.41, 5.74) is 6.08. The van der Waals surface area contributed by atoms with E-state index in [0.29, 0.717) is 42.6 Å². The second-order valence-electron chi connectivity index (χ2n) is 16.3. The van der Waals surface area contributed by atoms with Crippen LogP contribution in [0.3, 0.4) is 0 Å². The topological polar surface area (TPSA) is 136 Å². The minimum atomic E-state index is -2.72. The molecule has 3 aliphatic heterocycles. The van der Waals surface area contributed by atoms with Crippen molar-refractivity contribution in [1.29, 1.82) is 0 Å². The summed E-state index contributed by atoms with van der Waals surface area (Å²) in [4.78, 5) is 30.5. The number of carboxylic acids is 1. The second-order valence-corrected chi connectivity index (χ2v) is 16.3. The van der Waals surface area contributed by atoms with Crippen LogP contribution in [0.4, 0.5) is 20.3 Å². The fourth-order valence-corrected chi connectivity index (χ4v) is 10.3. The van der Waals surface area contributed by atoms with Gasteiger partial charge in [0.05, 0.1) is 18.2 Å². The van der Waals surface area contributed by atoms with Crippen LogP contribution < -0.4 is 4.90 Å². The molecule has 0 atom stereocenters. The summed E-state index contributed by atoms with van der Waals surface area (Å²) >= 11 is 0. The molecule has 284 valence electrons. The van der Waals surface area contributed by atoms with E-state index in [0.717, 1.165) is 67.8 Å². The van der Waals surface area contributed by atoms with Crippen molar-refractivity contribution in [2.45, 2.75) is 109 Å². The molecule has 2 aromatic carbocycles. The molecule has 2 saturated carbocycles. The molecule has 4 aromatic rings. The number of hydrogen-bond donors (Lipinski definition) is 2. The minimum Gasteiger partial charge on any atom is -0.478 e. The number of benzene rings is 2. The number of aromatic nitrogens is 6. The largest absolute Gasteiger partial charge is 0.478 e. The Bertz CT molecular complexity index is 2030. The van der Waals surface area contributed by atoms with Crippen LogP contribution in [-0.2, 0) is 24.2 Å². The molecule has 3 fully saturated rings. The van der Waals surface area contributed by atoms with Gasteiger partial charge >= 0.3 is 5.97 Å². The number of nitrogens with one attached hydrogen (secondary N) is 1. The predicted octanol–water partition coefficient (Wildman–Crippen LogP) is 6.83. The summed E-state index contributed by atoms with van der Waals surface area (Å²) in [6.07, 6.45) is 8.94. The van der Waals surface area contributed by atoms with Crippen molar-refractivity contribution in [3.05, 3.63) is 69.9 Å². The Morgan fingerprint density at radius 1 is 0.963 bits per heavy atom. The highest BCUT2D eigenvalue weighted by Gasteiger charge is 2.47. The van der Waals surface area contributed by atoms with E-state index in [-0.39, 0.29) is 28.9 Å². The zero-order valence-corrected chi connectivity index (χ0v) is 30.7. The third kappa shape index (κ3) is 6.25. The highest BCUT2D eigenvalue weighted by Crippen LogP contribution is 2.59. The number of carbonyl (C=O) groups excluding carboxylic acids is 1. The average Bonchev–Trinajstić information content (AvgIpc) is 3.85. The van der Waals surface area contributed by atoms with E-state index < -0.39 is 12.4 Å². The summed E-state index contributed by atoms with van der Waals surface area (Å²) in [5.74, 6) is 0.615. The number of aromatic carboxylic acids is 1. The number of carboxylic acid groups (broad SMARTS) is 1. The number of anilines is 2. The number of amides is 1. The highest BCUT2D eigenvalue weighted by atomic mass is 19.3. The van der Waals surface area contributed by atoms with E-state index in [1.807, 2.05) is 17.0 Å². The Morgan fingerprint density at radius 2 is 1.72 bits per heavy atom. The molecular weight excluding hydrogens is 692 g/mol. The Kier molecular flexibility index (Phi) is 8.98. The number of carbonyl (C=O) groups is 2. The van der Waals surface area contributed by atoms with Gasteiger partial charge in [-0.1, -0.05) is 12.1 Å². The molecule has 0 unspecified atom stereocenters. The van der Waals surface area contributed by atoms with Crippen LogP contribution in [-0.4, -0.2) is 89.4 Å². The van der Waals surface area contributed by atoms with Gasteiger partial charge in [-0.05, 0) is 116 Å². The lowest BCUT2D eigenvalue weighted by Gasteiger charge is -2.53. The lowest BCUT2D eigenvalue weighted by atomic mass is 9.54. The highest BCUT2D eigenvalue weighted by molar-refractivity contribution is 5.87. The first-order valence-corrected chi connectivity index (χ1v) is 19.6. The van der Waals surface area contributed by atoms with Gasteiger partial charge < -0.3 is 19.8 Å². The van der Waals surface area contributed by atoms with Gasteiger partial charge in [-0.2, -0.15) is 10.3 Å². The molecule has 54 heavy (non-hydrogen) atoms. The lowest BCUT2D eigenvalue weighted by molar-refractivity contribution is -0.129. The molecule has 1 saturated heterocycles. The van der Waals surface area contributed by atoms with Crippen molar-refractivity contribution < 1.29 is 23.5 Å². The van der Waals surface area contributed by atoms with E-state index in [1.165, 1.54) is 49.8 Å². The van der Waals surface area contributed by atoms with Gasteiger partial charge in [0, 0.05) is 73.6 Å². The monoisotopic (exact) mass is 739 g/mol. The van der Waals surface area contributed by atoms with Crippen LogP contribution in [0.25, 0.3) is 11.4 Å². The molecule has 5 aliphatic rings. The van der Waals surface area contributed by atoms with E-state index in [9.17, 15) is 23.5 Å². The normalized spacial score (nSPS) is 24.7. The van der Waals surface area contributed by atoms with Crippen LogP contribution >= 0.6 is 0 Å². The predicted molar refractivity (Wildman–Crippen MR) is 197 cm³/mol. The van der Waals surface area contributed by atoms with Gasteiger partial charge in [-0.25, -0.2) is 13.6 Å². The Morgan fingerprint density at radius 3 is 2.39 bits per heavy atom. The molecule has 2 aliphatic carbocycles. The minimum absolute atomic E-state index is 0.0255. The van der Waals surface area contributed by atoms with Crippen LogP contribution in [0, 0.1) is 5.41 Å². The molecule has 2 aromatic heterocycles. The number of aryl methyl sites for hydroxylation is 1. The first kappa shape index (κ1) is 35.0. The zero-order valence-electron chi connectivity index (χ0n) is 30.7. The Hall–Kier alpha value is -4.72. The number of nitrogens with zero attached hydrogens (tertiary/aromatic N) is 8. The van der Waals surface area contributed by atoms with Crippen molar-refractivity contribution in [3.63, 3.8) is 0 Å². The number of H-pyrrole nitrogens is 1. The SMILES string of the molecule is CC(=O)N1CCc2c(c(N3CCCc4cc(-c5nn[nH]n5)c(C(F)F)cc43)nn2C2CCN(C3CCC4(CC3)CC(c3ccc(C(=O)O)cc3)C4)CC2)C1. The summed E-state index contributed by atoms with van der Waals surface area (Å²) < 4.78 is 31.3. The number of fused-ring (bicyclic) bond motifs is 2. The fourth-order valence-electron chi connectivity index (χ4n) is 10.3. The standard InChI is InChI=1S/C40H47F2N9O3/c1-24(52)49-18-12-34-33(23-49)38(50-15-2-3-27-19-32(37-43-46-47-44-37)31(36(41)42)20-35(27)50)45-51(34)30-10-16-48(17-11-30)29-8-13-40(14-9-29)21-28(22-40)25-4-6-26(7-5-25)39(53)54/h4-7,19-20,28-30,36H,2-3,8-18,21-23H2,1H3,(H,53,54)(H,43,44,46,47). The van der Waals surface area contributed by atoms with Crippen LogP contribution in [0.15, 0.2) is 36.4 Å². The van der Waals surface area contributed by atoms with Gasteiger partial charge in [0.2, 0.25) is 11.7 Å². The molecule has 14 heteroatoms. The average molecular weight is 740 g/mol. The number of piperidine rings is 1. The van der Waals surface area contributed by atoms with Crippen molar-refractivity contribution >= 4 is 23.4 Å². The number of tetrazole rings is 1. The molecule has 9 rings (SSSR count). The molecular formula is C40H47F2N9O3. The first-order chi connectivity index (χ1) is 26.2. The summed E-state index contributed by atoms with van der Waals surface area (Å²) in [5, 5.41) is 28.5. The quantitative estimate of drug-likeness (QED) is 0.209.